The third-order valence-electron chi connectivity index (χ3n) is 10.2. The lowest BCUT2D eigenvalue weighted by atomic mass is 9.92. The Balaban J connectivity index is 0.000000470. The third-order valence-corrected chi connectivity index (χ3v) is 10.2. The van der Waals surface area contributed by atoms with Gasteiger partial charge >= 0.3 is 49.4 Å². The van der Waals surface area contributed by atoms with Crippen LogP contribution in [-0.4, -0.2) is 102 Å². The van der Waals surface area contributed by atoms with E-state index in [1.165, 1.54) is 76.6 Å². The molecule has 8 N–H and O–H groups in total. The van der Waals surface area contributed by atoms with E-state index in [1.54, 1.807) is 0 Å². The van der Waals surface area contributed by atoms with Gasteiger partial charge in [-0.1, -0.05) is 121 Å². The van der Waals surface area contributed by atoms with Crippen molar-refractivity contribution in [3.8, 4) is 0 Å². The Bertz CT molecular complexity index is 1840. The van der Waals surface area contributed by atoms with Gasteiger partial charge < -0.3 is 41.7 Å². The van der Waals surface area contributed by atoms with Crippen molar-refractivity contribution in [2.75, 3.05) is 52.4 Å². The van der Waals surface area contributed by atoms with Gasteiger partial charge in [0.1, 0.15) is 74.8 Å². The van der Waals surface area contributed by atoms with Crippen molar-refractivity contribution in [2.24, 2.45) is 0 Å². The molecule has 0 aliphatic carbocycles. The fourth-order valence-corrected chi connectivity index (χ4v) is 6.16. The molecular formula is C44H44F24N4O4. The van der Waals surface area contributed by atoms with Gasteiger partial charge in [-0.3, -0.25) is 0 Å². The van der Waals surface area contributed by atoms with E-state index in [0.717, 1.165) is 48.5 Å². The molecule has 6 rings (SSSR count). The van der Waals surface area contributed by atoms with E-state index in [1.807, 2.05) is 0 Å². The minimum absolute atomic E-state index is 0.508. The van der Waals surface area contributed by atoms with Crippen LogP contribution >= 0.6 is 0 Å². The second-order valence-electron chi connectivity index (χ2n) is 15.6. The highest BCUT2D eigenvalue weighted by Gasteiger charge is 2.65. The van der Waals surface area contributed by atoms with Crippen LogP contribution in [0.1, 0.15) is 22.3 Å². The molecule has 0 radical (unpaired) electrons. The Morgan fingerprint density at radius 3 is 0.395 bits per heavy atom. The summed E-state index contributed by atoms with van der Waals surface area (Å²) in [6.07, 6.45) is -47.5. The van der Waals surface area contributed by atoms with Crippen LogP contribution in [0.5, 0.6) is 0 Å². The maximum Gasteiger partial charge on any atom is 0.392 e. The highest BCUT2D eigenvalue weighted by molar-refractivity contribution is 5.28. The second kappa shape index (κ2) is 27.0. The summed E-state index contributed by atoms with van der Waals surface area (Å²) >= 11 is 0. The summed E-state index contributed by atoms with van der Waals surface area (Å²) in [5, 5.41) is 53.8. The van der Waals surface area contributed by atoms with Crippen molar-refractivity contribution in [2.45, 2.75) is 71.8 Å². The zero-order valence-electron chi connectivity index (χ0n) is 38.2. The van der Waals surface area contributed by atoms with Gasteiger partial charge in [0.15, 0.2) is 0 Å². The van der Waals surface area contributed by atoms with Crippen molar-refractivity contribution in [1.82, 2.24) is 0 Å². The fraction of sp³-hybridized carbons (Fsp3) is 0.455. The summed E-state index contributed by atoms with van der Waals surface area (Å²) < 4.78 is 294. The molecule has 2 heterocycles. The van der Waals surface area contributed by atoms with Gasteiger partial charge in [-0.05, 0) is 22.3 Å². The number of alkyl halides is 24. The Morgan fingerprint density at radius 1 is 0.211 bits per heavy atom. The molecule has 2 saturated heterocycles. The molecule has 432 valence electrons. The number of piperazine rings is 2. The van der Waals surface area contributed by atoms with E-state index in [0.29, 0.717) is 48.5 Å². The predicted octanol–water partition coefficient (Wildman–Crippen LogP) is 3.72. The molecule has 4 aromatic carbocycles. The van der Waals surface area contributed by atoms with Gasteiger partial charge in [-0.15, -0.1) is 0 Å². The minimum atomic E-state index is -5.94. The maximum atomic E-state index is 12.3. The van der Waals surface area contributed by atoms with E-state index >= 15 is 0 Å². The Kier molecular flexibility index (Phi) is 24.4. The Morgan fingerprint density at radius 2 is 0.316 bits per heavy atom. The lowest BCUT2D eigenvalue weighted by Crippen LogP contribution is -3.04. The molecule has 8 nitrogen and oxygen atoms in total. The van der Waals surface area contributed by atoms with Crippen molar-refractivity contribution >= 4 is 0 Å². The van der Waals surface area contributed by atoms with Crippen LogP contribution in [0.15, 0.2) is 121 Å². The first-order chi connectivity index (χ1) is 34.4. The molecular weight excluding hydrogens is 1100 g/mol. The fourth-order valence-electron chi connectivity index (χ4n) is 6.16. The SMILES string of the molecule is C1C[NH2+]CC[NH2+]1.C1C[NH2+]CC[NH2+]1.[O-]C(c1ccccc1)(C(F)(F)F)C(F)(F)F.[O-]C(c1ccccc1)(C(F)(F)F)C(F)(F)F.[O-]C(c1ccccc1)(C(F)(F)F)C(F)(F)F.[O-]C(c1ccccc1)(C(F)(F)F)C(F)(F)F. The first-order valence-electron chi connectivity index (χ1n) is 21.3. The second-order valence-corrected chi connectivity index (χ2v) is 15.6. The minimum Gasteiger partial charge on any atom is -0.833 e. The van der Waals surface area contributed by atoms with Gasteiger partial charge in [0.05, 0.1) is 0 Å². The van der Waals surface area contributed by atoms with Gasteiger partial charge in [-0.2, -0.15) is 105 Å². The number of rotatable bonds is 4. The average Bonchev–Trinajstić information content (AvgIpc) is 3.33. The Labute approximate surface area is 414 Å². The molecule has 0 amide bonds. The van der Waals surface area contributed by atoms with Gasteiger partial charge in [0.25, 0.3) is 0 Å². The molecule has 2 aliphatic heterocycles. The predicted molar refractivity (Wildman–Crippen MR) is 208 cm³/mol. The lowest BCUT2D eigenvalue weighted by Gasteiger charge is -2.43. The summed E-state index contributed by atoms with van der Waals surface area (Å²) in [6.45, 7) is 10.6. The summed E-state index contributed by atoms with van der Waals surface area (Å²) in [5.74, 6) is 0. The molecule has 2 fully saturated rings. The van der Waals surface area contributed by atoms with E-state index in [4.69, 9.17) is 0 Å². The van der Waals surface area contributed by atoms with Crippen LogP contribution < -0.4 is 41.7 Å². The first kappa shape index (κ1) is 68.9. The quantitative estimate of drug-likeness (QED) is 0.230. The van der Waals surface area contributed by atoms with Crippen LogP contribution in [0.25, 0.3) is 0 Å². The third kappa shape index (κ3) is 17.4. The average molecular weight is 1150 g/mol. The maximum absolute atomic E-state index is 12.3. The molecule has 4 aromatic rings. The number of quaternary nitrogens is 4. The zero-order valence-corrected chi connectivity index (χ0v) is 38.2. The number of benzene rings is 4. The molecule has 0 saturated carbocycles. The van der Waals surface area contributed by atoms with E-state index < -0.39 is 94.1 Å². The van der Waals surface area contributed by atoms with E-state index in [2.05, 4.69) is 21.3 Å². The molecule has 0 bridgehead atoms. The van der Waals surface area contributed by atoms with Gasteiger partial charge in [-0.25, -0.2) is 0 Å². The standard InChI is InChI=1S/4C9H5F6O.2C4H10N2/c4*10-8(11,12)7(16,9(13,14)15)6-4-2-1-3-5-6;2*1-2-6-4-3-5-1/h4*1-5H;2*5-6H,1-4H2/q4*-1;;/p+4. The summed E-state index contributed by atoms with van der Waals surface area (Å²) in [5.41, 5.74) is -25.8. The number of halogens is 24. The highest BCUT2D eigenvalue weighted by Crippen LogP contribution is 2.51. The van der Waals surface area contributed by atoms with Crippen molar-refractivity contribution in [1.29, 1.82) is 0 Å². The number of nitrogens with two attached hydrogens (primary N) is 4. The molecule has 2 aliphatic rings. The number of hydrogen-bond donors (Lipinski definition) is 4. The summed E-state index contributed by atoms with van der Waals surface area (Å²) in [7, 11) is 0. The van der Waals surface area contributed by atoms with Crippen LogP contribution in [0.2, 0.25) is 0 Å². The largest absolute Gasteiger partial charge is 0.833 e. The lowest BCUT2D eigenvalue weighted by molar-refractivity contribution is -0.787. The normalized spacial score (nSPS) is 15.5. The van der Waals surface area contributed by atoms with Crippen molar-refractivity contribution < 1.29 is 147 Å². The molecule has 0 spiro atoms. The van der Waals surface area contributed by atoms with Crippen molar-refractivity contribution in [3.63, 3.8) is 0 Å². The molecule has 76 heavy (non-hydrogen) atoms. The van der Waals surface area contributed by atoms with Gasteiger partial charge in [0.2, 0.25) is 0 Å². The monoisotopic (exact) mass is 1150 g/mol. The zero-order chi connectivity index (χ0) is 58.9. The molecule has 0 atom stereocenters. The van der Waals surface area contributed by atoms with Crippen LogP contribution in [-0.2, 0) is 22.4 Å². The van der Waals surface area contributed by atoms with E-state index in [-0.39, 0.29) is 0 Å². The molecule has 0 unspecified atom stereocenters. The number of hydrogen-bond acceptors (Lipinski definition) is 4. The molecule has 0 aromatic heterocycles. The highest BCUT2D eigenvalue weighted by atomic mass is 19.4. The van der Waals surface area contributed by atoms with Crippen LogP contribution in [0, 0.1) is 0 Å². The van der Waals surface area contributed by atoms with Crippen LogP contribution in [0.3, 0.4) is 0 Å². The summed E-state index contributed by atoms with van der Waals surface area (Å²) in [6, 6.07) is 16.5. The van der Waals surface area contributed by atoms with E-state index in [9.17, 15) is 126 Å². The molecule has 32 heteroatoms. The topological polar surface area (TPSA) is 159 Å². The smallest absolute Gasteiger partial charge is 0.392 e. The van der Waals surface area contributed by atoms with Crippen LogP contribution in [0.4, 0.5) is 105 Å². The Hall–Kier alpha value is -5.12. The van der Waals surface area contributed by atoms with Crippen molar-refractivity contribution in [3.05, 3.63) is 144 Å². The summed E-state index contributed by atoms with van der Waals surface area (Å²) in [4.78, 5) is 0. The van der Waals surface area contributed by atoms with Gasteiger partial charge in [0, 0.05) is 0 Å². The first-order valence-corrected chi connectivity index (χ1v) is 21.3.